The second-order valence-corrected chi connectivity index (χ2v) is 5.14. The fraction of sp³-hybridized carbons (Fsp3) is 0.176. The molecule has 118 valence electrons. The molecule has 3 rings (SSSR count). The number of carbonyl (C=O) groups excluding carboxylic acids is 1. The number of nitrogens with zero attached hydrogens (tertiary/aromatic N) is 1. The van der Waals surface area contributed by atoms with E-state index in [9.17, 15) is 14.0 Å². The van der Waals surface area contributed by atoms with Crippen LogP contribution in [0.1, 0.15) is 12.0 Å². The summed E-state index contributed by atoms with van der Waals surface area (Å²) in [6, 6.07) is 13.0. The average molecular weight is 314 g/mol. The SMILES string of the molecule is O=C(CCn1c(=O)oc2ccccc21)NCc1ccc(F)cc1. The summed E-state index contributed by atoms with van der Waals surface area (Å²) in [5.74, 6) is -0.977. The van der Waals surface area contributed by atoms with Gasteiger partial charge in [-0.3, -0.25) is 9.36 Å². The third-order valence-corrected chi connectivity index (χ3v) is 3.54. The lowest BCUT2D eigenvalue weighted by Gasteiger charge is -2.06. The second-order valence-electron chi connectivity index (χ2n) is 5.14. The van der Waals surface area contributed by atoms with Crippen molar-refractivity contribution in [2.45, 2.75) is 19.5 Å². The average Bonchev–Trinajstić information content (AvgIpc) is 2.87. The van der Waals surface area contributed by atoms with Gasteiger partial charge >= 0.3 is 5.76 Å². The van der Waals surface area contributed by atoms with Gasteiger partial charge in [0.25, 0.3) is 0 Å². The Kier molecular flexibility index (Phi) is 4.23. The molecule has 3 aromatic rings. The predicted octanol–water partition coefficient (Wildman–Crippen LogP) is 2.44. The van der Waals surface area contributed by atoms with Gasteiger partial charge in [-0.15, -0.1) is 0 Å². The van der Waals surface area contributed by atoms with E-state index in [1.807, 2.05) is 6.07 Å². The van der Waals surface area contributed by atoms with Crippen LogP contribution < -0.4 is 11.1 Å². The van der Waals surface area contributed by atoms with E-state index < -0.39 is 5.76 Å². The topological polar surface area (TPSA) is 64.2 Å². The van der Waals surface area contributed by atoms with Gasteiger partial charge in [0.2, 0.25) is 5.91 Å². The first-order chi connectivity index (χ1) is 11.1. The summed E-state index contributed by atoms with van der Waals surface area (Å²) in [7, 11) is 0. The number of amides is 1. The summed E-state index contributed by atoms with van der Waals surface area (Å²) in [6.07, 6.45) is 0.157. The van der Waals surface area contributed by atoms with Gasteiger partial charge in [-0.1, -0.05) is 24.3 Å². The zero-order chi connectivity index (χ0) is 16.2. The Morgan fingerprint density at radius 2 is 1.87 bits per heavy atom. The number of para-hydroxylation sites is 2. The quantitative estimate of drug-likeness (QED) is 0.786. The van der Waals surface area contributed by atoms with E-state index in [0.29, 0.717) is 17.6 Å². The molecule has 1 amide bonds. The lowest BCUT2D eigenvalue weighted by atomic mass is 10.2. The summed E-state index contributed by atoms with van der Waals surface area (Å²) in [5.41, 5.74) is 1.98. The highest BCUT2D eigenvalue weighted by atomic mass is 19.1. The standard InChI is InChI=1S/C17H15FN2O3/c18-13-7-5-12(6-8-13)11-19-16(21)9-10-20-14-3-1-2-4-15(14)23-17(20)22/h1-8H,9-11H2,(H,19,21). The molecule has 6 heteroatoms. The number of oxazole rings is 1. The van der Waals surface area contributed by atoms with Crippen molar-refractivity contribution < 1.29 is 13.6 Å². The van der Waals surface area contributed by atoms with Gasteiger partial charge < -0.3 is 9.73 Å². The minimum atomic E-state index is -0.475. The highest BCUT2D eigenvalue weighted by Crippen LogP contribution is 2.12. The van der Waals surface area contributed by atoms with Crippen LogP contribution in [0.3, 0.4) is 0 Å². The zero-order valence-electron chi connectivity index (χ0n) is 12.3. The Hall–Kier alpha value is -2.89. The van der Waals surface area contributed by atoms with E-state index >= 15 is 0 Å². The van der Waals surface area contributed by atoms with Crippen molar-refractivity contribution in [1.29, 1.82) is 0 Å². The van der Waals surface area contributed by atoms with Crippen LogP contribution in [0.2, 0.25) is 0 Å². The van der Waals surface area contributed by atoms with E-state index in [1.54, 1.807) is 30.3 Å². The van der Waals surface area contributed by atoms with Gasteiger partial charge in [0, 0.05) is 19.5 Å². The van der Waals surface area contributed by atoms with Crippen LogP contribution in [0.15, 0.2) is 57.7 Å². The molecule has 0 fully saturated rings. The summed E-state index contributed by atoms with van der Waals surface area (Å²) in [5, 5.41) is 2.74. The molecule has 0 aliphatic rings. The number of carbonyl (C=O) groups is 1. The first-order valence-electron chi connectivity index (χ1n) is 7.23. The van der Waals surface area contributed by atoms with Crippen molar-refractivity contribution in [2.24, 2.45) is 0 Å². The molecule has 0 unspecified atom stereocenters. The maximum absolute atomic E-state index is 12.8. The minimum absolute atomic E-state index is 0.157. The van der Waals surface area contributed by atoms with Gasteiger partial charge in [-0.25, -0.2) is 9.18 Å². The first-order valence-corrected chi connectivity index (χ1v) is 7.23. The minimum Gasteiger partial charge on any atom is -0.408 e. The van der Waals surface area contributed by atoms with Crippen LogP contribution in [0.25, 0.3) is 11.1 Å². The fourth-order valence-electron chi connectivity index (χ4n) is 2.33. The Bertz CT molecular complexity index is 881. The Morgan fingerprint density at radius 1 is 1.13 bits per heavy atom. The molecule has 23 heavy (non-hydrogen) atoms. The van der Waals surface area contributed by atoms with E-state index in [4.69, 9.17) is 4.42 Å². The van der Waals surface area contributed by atoms with Gasteiger partial charge in [-0.05, 0) is 29.8 Å². The van der Waals surface area contributed by atoms with Crippen LogP contribution in [-0.4, -0.2) is 10.5 Å². The van der Waals surface area contributed by atoms with Crippen LogP contribution >= 0.6 is 0 Å². The summed E-state index contributed by atoms with van der Waals surface area (Å²) in [4.78, 5) is 23.7. The number of benzene rings is 2. The number of aromatic nitrogens is 1. The largest absolute Gasteiger partial charge is 0.419 e. The second kappa shape index (κ2) is 6.48. The molecule has 1 aromatic heterocycles. The maximum Gasteiger partial charge on any atom is 0.419 e. The molecule has 1 N–H and O–H groups in total. The lowest BCUT2D eigenvalue weighted by molar-refractivity contribution is -0.121. The Morgan fingerprint density at radius 3 is 2.65 bits per heavy atom. The monoisotopic (exact) mass is 314 g/mol. The molecule has 0 saturated carbocycles. The van der Waals surface area contributed by atoms with Gasteiger partial charge in [0.1, 0.15) is 5.82 Å². The smallest absolute Gasteiger partial charge is 0.408 e. The number of rotatable bonds is 5. The van der Waals surface area contributed by atoms with Crippen molar-refractivity contribution in [3.63, 3.8) is 0 Å². The summed E-state index contributed by atoms with van der Waals surface area (Å²) >= 11 is 0. The lowest BCUT2D eigenvalue weighted by Crippen LogP contribution is -2.25. The number of halogens is 1. The molecule has 0 bridgehead atoms. The molecule has 0 spiro atoms. The number of aryl methyl sites for hydroxylation is 1. The fourth-order valence-corrected chi connectivity index (χ4v) is 2.33. The number of nitrogens with one attached hydrogen (secondary N) is 1. The molecule has 5 nitrogen and oxygen atoms in total. The van der Waals surface area contributed by atoms with Crippen LogP contribution in [0, 0.1) is 5.82 Å². The Balaban J connectivity index is 1.59. The maximum atomic E-state index is 12.8. The van der Waals surface area contributed by atoms with Crippen molar-refractivity contribution in [3.8, 4) is 0 Å². The van der Waals surface area contributed by atoms with E-state index in [2.05, 4.69) is 5.32 Å². The highest BCUT2D eigenvalue weighted by molar-refractivity contribution is 5.76. The third-order valence-electron chi connectivity index (χ3n) is 3.54. The molecule has 2 aromatic carbocycles. The molecule has 1 heterocycles. The predicted molar refractivity (Wildman–Crippen MR) is 83.3 cm³/mol. The first kappa shape index (κ1) is 15.0. The van der Waals surface area contributed by atoms with Crippen molar-refractivity contribution in [3.05, 3.63) is 70.5 Å². The molecule has 0 radical (unpaired) electrons. The third kappa shape index (κ3) is 3.48. The van der Waals surface area contributed by atoms with Crippen LogP contribution in [0.5, 0.6) is 0 Å². The van der Waals surface area contributed by atoms with Crippen LogP contribution in [-0.2, 0) is 17.9 Å². The highest BCUT2D eigenvalue weighted by Gasteiger charge is 2.10. The van der Waals surface area contributed by atoms with Crippen molar-refractivity contribution in [2.75, 3.05) is 0 Å². The van der Waals surface area contributed by atoms with Gasteiger partial charge in [0.05, 0.1) is 5.52 Å². The normalized spacial score (nSPS) is 10.8. The van der Waals surface area contributed by atoms with Gasteiger partial charge in [0.15, 0.2) is 5.58 Å². The molecule has 0 atom stereocenters. The zero-order valence-corrected chi connectivity index (χ0v) is 12.3. The molecular weight excluding hydrogens is 299 g/mol. The molecule has 0 aliphatic heterocycles. The Labute approximate surface area is 131 Å². The number of hydrogen-bond acceptors (Lipinski definition) is 3. The molecular formula is C17H15FN2O3. The molecule has 0 aliphatic carbocycles. The summed E-state index contributed by atoms with van der Waals surface area (Å²) in [6.45, 7) is 0.561. The van der Waals surface area contributed by atoms with E-state index in [0.717, 1.165) is 5.56 Å². The summed E-state index contributed by atoms with van der Waals surface area (Å²) < 4.78 is 19.3. The van der Waals surface area contributed by atoms with Crippen molar-refractivity contribution >= 4 is 17.0 Å². The number of hydrogen-bond donors (Lipinski definition) is 1. The molecule has 0 saturated heterocycles. The van der Waals surface area contributed by atoms with Crippen LogP contribution in [0.4, 0.5) is 4.39 Å². The van der Waals surface area contributed by atoms with E-state index in [-0.39, 0.29) is 24.7 Å². The van der Waals surface area contributed by atoms with Gasteiger partial charge in [-0.2, -0.15) is 0 Å². The van der Waals surface area contributed by atoms with E-state index in [1.165, 1.54) is 16.7 Å². The van der Waals surface area contributed by atoms with Crippen molar-refractivity contribution in [1.82, 2.24) is 9.88 Å². The number of fused-ring (bicyclic) bond motifs is 1.